The lowest BCUT2D eigenvalue weighted by molar-refractivity contribution is 0.669. The molecule has 4 heterocycles. The average Bonchev–Trinajstić information content (AvgIpc) is 3.87. The molecule has 0 saturated heterocycles. The van der Waals surface area contributed by atoms with Crippen LogP contribution >= 0.6 is 11.3 Å². The Balaban J connectivity index is 1.12. The van der Waals surface area contributed by atoms with Crippen LogP contribution in [0.1, 0.15) is 0 Å². The zero-order valence-electron chi connectivity index (χ0n) is 27.2. The highest BCUT2D eigenvalue weighted by Gasteiger charge is 2.19. The molecule has 0 aliphatic heterocycles. The molecular weight excluding hydrogens is 643 g/mol. The van der Waals surface area contributed by atoms with Gasteiger partial charge in [-0.25, -0.2) is 9.97 Å². The van der Waals surface area contributed by atoms with Crippen molar-refractivity contribution >= 4 is 75.3 Å². The van der Waals surface area contributed by atoms with Crippen molar-refractivity contribution in [3.63, 3.8) is 0 Å². The zero-order chi connectivity index (χ0) is 33.5. The summed E-state index contributed by atoms with van der Waals surface area (Å²) >= 11 is 1.81. The van der Waals surface area contributed by atoms with E-state index in [9.17, 15) is 0 Å². The number of hydrogen-bond donors (Lipinski definition) is 0. The predicted octanol–water partition coefficient (Wildman–Crippen LogP) is 12.8. The molecule has 0 N–H and O–H groups in total. The minimum absolute atomic E-state index is 0.710. The molecule has 11 aromatic rings. The number of furan rings is 1. The minimum Gasteiger partial charge on any atom is -0.456 e. The van der Waals surface area contributed by atoms with E-state index in [1.807, 2.05) is 29.5 Å². The molecule has 4 aromatic heterocycles. The Labute approximate surface area is 296 Å². The Kier molecular flexibility index (Phi) is 6.09. The molecule has 238 valence electrons. The van der Waals surface area contributed by atoms with Gasteiger partial charge in [0.15, 0.2) is 5.82 Å². The third-order valence-electron chi connectivity index (χ3n) is 10.0. The summed E-state index contributed by atoms with van der Waals surface area (Å²) in [7, 11) is 0. The summed E-state index contributed by atoms with van der Waals surface area (Å²) in [5, 5.41) is 7.22. The Morgan fingerprint density at radius 1 is 0.431 bits per heavy atom. The number of hydrogen-bond acceptors (Lipinski definition) is 4. The van der Waals surface area contributed by atoms with Gasteiger partial charge in [-0.05, 0) is 54.6 Å². The van der Waals surface area contributed by atoms with Crippen molar-refractivity contribution in [2.75, 3.05) is 0 Å². The monoisotopic (exact) mass is 669 g/mol. The lowest BCUT2D eigenvalue weighted by atomic mass is 10.1. The van der Waals surface area contributed by atoms with Gasteiger partial charge in [0.2, 0.25) is 0 Å². The van der Waals surface area contributed by atoms with Crippen LogP contribution in [0, 0.1) is 0 Å². The van der Waals surface area contributed by atoms with E-state index in [0.29, 0.717) is 5.82 Å². The van der Waals surface area contributed by atoms with E-state index in [2.05, 4.69) is 150 Å². The van der Waals surface area contributed by atoms with Crippen molar-refractivity contribution in [3.05, 3.63) is 164 Å². The van der Waals surface area contributed by atoms with Crippen molar-refractivity contribution in [2.45, 2.75) is 0 Å². The second-order valence-corrected chi connectivity index (χ2v) is 14.1. The largest absolute Gasteiger partial charge is 0.456 e. The quantitative estimate of drug-likeness (QED) is 0.187. The van der Waals surface area contributed by atoms with Gasteiger partial charge >= 0.3 is 0 Å². The molecule has 7 aromatic carbocycles. The lowest BCUT2D eigenvalue weighted by Gasteiger charge is -2.12. The minimum atomic E-state index is 0.710. The summed E-state index contributed by atoms with van der Waals surface area (Å²) in [6.45, 7) is 0. The van der Waals surface area contributed by atoms with Crippen LogP contribution in [-0.4, -0.2) is 14.5 Å². The molecule has 0 amide bonds. The van der Waals surface area contributed by atoms with Crippen LogP contribution in [-0.2, 0) is 0 Å². The molecular formula is C46H27N3OS. The van der Waals surface area contributed by atoms with E-state index in [1.54, 1.807) is 0 Å². The molecule has 0 unspecified atom stereocenters. The first-order chi connectivity index (χ1) is 25.3. The molecule has 0 aliphatic rings. The molecule has 0 atom stereocenters. The van der Waals surface area contributed by atoms with Gasteiger partial charge in [0, 0.05) is 64.1 Å². The van der Waals surface area contributed by atoms with E-state index in [0.717, 1.165) is 66.7 Å². The highest BCUT2D eigenvalue weighted by molar-refractivity contribution is 7.25. The smallest absolute Gasteiger partial charge is 0.160 e. The highest BCUT2D eigenvalue weighted by atomic mass is 32.1. The summed E-state index contributed by atoms with van der Waals surface area (Å²) in [5.41, 5.74) is 10.0. The first kappa shape index (κ1) is 28.3. The number of fused-ring (bicyclic) bond motifs is 10. The first-order valence-electron chi connectivity index (χ1n) is 17.1. The predicted molar refractivity (Wildman–Crippen MR) is 213 cm³/mol. The summed E-state index contributed by atoms with van der Waals surface area (Å²) < 4.78 is 11.2. The van der Waals surface area contributed by atoms with Gasteiger partial charge in [-0.3, -0.25) is 0 Å². The molecule has 0 saturated carbocycles. The number of aromatic nitrogens is 3. The standard InChI is InChI=1S/C46H27N3OS/c1-2-11-28(12-3-1)36-27-37(48-46(47-36)30-21-22-33-32-15-6-9-20-42(32)51-43(33)26-30)29-13-10-14-31(25-29)49-38-18-7-4-16-34(38)44-39(49)23-24-41-45(44)35-17-5-8-19-40(35)50-41/h1-27H. The van der Waals surface area contributed by atoms with Gasteiger partial charge in [-0.1, -0.05) is 109 Å². The molecule has 0 radical (unpaired) electrons. The molecule has 4 nitrogen and oxygen atoms in total. The van der Waals surface area contributed by atoms with Crippen LogP contribution in [0.2, 0.25) is 0 Å². The topological polar surface area (TPSA) is 43.9 Å². The summed E-state index contributed by atoms with van der Waals surface area (Å²) in [6, 6.07) is 57.7. The maximum atomic E-state index is 6.31. The van der Waals surface area contributed by atoms with E-state index in [4.69, 9.17) is 14.4 Å². The third kappa shape index (κ3) is 4.38. The third-order valence-corrected chi connectivity index (χ3v) is 11.1. The van der Waals surface area contributed by atoms with Crippen LogP contribution in [0.4, 0.5) is 0 Å². The van der Waals surface area contributed by atoms with Gasteiger partial charge in [0.25, 0.3) is 0 Å². The Morgan fingerprint density at radius 3 is 2.06 bits per heavy atom. The normalized spacial score (nSPS) is 11.9. The molecule has 5 heteroatoms. The van der Waals surface area contributed by atoms with Crippen LogP contribution in [0.5, 0.6) is 0 Å². The number of benzene rings is 7. The maximum absolute atomic E-state index is 6.31. The SMILES string of the molecule is c1ccc(-c2cc(-c3cccc(-n4c5ccccc5c5c6c(ccc54)oc4ccccc46)c3)nc(-c3ccc4c(c3)sc3ccccc34)n2)cc1. The van der Waals surface area contributed by atoms with E-state index >= 15 is 0 Å². The van der Waals surface area contributed by atoms with Crippen LogP contribution in [0.3, 0.4) is 0 Å². The van der Waals surface area contributed by atoms with Crippen molar-refractivity contribution < 1.29 is 4.42 Å². The molecule has 0 bridgehead atoms. The van der Waals surface area contributed by atoms with Crippen LogP contribution < -0.4 is 0 Å². The number of para-hydroxylation sites is 2. The lowest BCUT2D eigenvalue weighted by Crippen LogP contribution is -1.97. The molecule has 0 aliphatic carbocycles. The Hall–Kier alpha value is -6.56. The number of nitrogens with zero attached hydrogens (tertiary/aromatic N) is 3. The second kappa shape index (κ2) is 11.0. The summed E-state index contributed by atoms with van der Waals surface area (Å²) in [4.78, 5) is 10.4. The number of thiophene rings is 1. The van der Waals surface area contributed by atoms with Gasteiger partial charge < -0.3 is 8.98 Å². The number of rotatable bonds is 4. The summed E-state index contributed by atoms with van der Waals surface area (Å²) in [6.07, 6.45) is 0. The van der Waals surface area contributed by atoms with Gasteiger partial charge in [-0.15, -0.1) is 11.3 Å². The second-order valence-electron chi connectivity index (χ2n) is 13.0. The van der Waals surface area contributed by atoms with E-state index in [-0.39, 0.29) is 0 Å². The first-order valence-corrected chi connectivity index (χ1v) is 17.9. The molecule has 11 rings (SSSR count). The van der Waals surface area contributed by atoms with Crippen LogP contribution in [0.25, 0.3) is 104 Å². The summed E-state index contributed by atoms with van der Waals surface area (Å²) in [5.74, 6) is 0.710. The average molecular weight is 670 g/mol. The Morgan fingerprint density at radius 2 is 1.16 bits per heavy atom. The van der Waals surface area contributed by atoms with Crippen molar-refractivity contribution in [1.29, 1.82) is 0 Å². The van der Waals surface area contributed by atoms with Gasteiger partial charge in [-0.2, -0.15) is 0 Å². The van der Waals surface area contributed by atoms with Gasteiger partial charge in [0.1, 0.15) is 11.2 Å². The van der Waals surface area contributed by atoms with Crippen molar-refractivity contribution in [3.8, 4) is 39.6 Å². The zero-order valence-corrected chi connectivity index (χ0v) is 28.1. The fourth-order valence-corrected chi connectivity index (χ4v) is 8.85. The van der Waals surface area contributed by atoms with E-state index in [1.165, 1.54) is 30.9 Å². The molecule has 51 heavy (non-hydrogen) atoms. The maximum Gasteiger partial charge on any atom is 0.160 e. The molecule has 0 fully saturated rings. The molecule has 0 spiro atoms. The Bertz CT molecular complexity index is 3150. The van der Waals surface area contributed by atoms with Crippen LogP contribution in [0.15, 0.2) is 168 Å². The highest BCUT2D eigenvalue weighted by Crippen LogP contribution is 2.42. The van der Waals surface area contributed by atoms with Gasteiger partial charge in [0.05, 0.1) is 22.4 Å². The van der Waals surface area contributed by atoms with E-state index < -0.39 is 0 Å². The fraction of sp³-hybridized carbons (Fsp3) is 0. The fourth-order valence-electron chi connectivity index (χ4n) is 7.70. The van der Waals surface area contributed by atoms with Crippen molar-refractivity contribution in [2.24, 2.45) is 0 Å². The van der Waals surface area contributed by atoms with Crippen molar-refractivity contribution in [1.82, 2.24) is 14.5 Å².